The van der Waals surface area contributed by atoms with Crippen LogP contribution in [0.25, 0.3) is 0 Å². The first-order valence-electron chi connectivity index (χ1n) is 7.27. The van der Waals surface area contributed by atoms with E-state index in [1.165, 1.54) is 47.7 Å². The van der Waals surface area contributed by atoms with Crippen molar-refractivity contribution in [3.63, 3.8) is 0 Å². The van der Waals surface area contributed by atoms with Crippen LogP contribution >= 0.6 is 22.6 Å². The average molecular weight is 357 g/mol. The van der Waals surface area contributed by atoms with Gasteiger partial charge in [-0.1, -0.05) is 31.9 Å². The van der Waals surface area contributed by atoms with Crippen LogP contribution in [0.15, 0.2) is 24.3 Å². The maximum Gasteiger partial charge on any atom is 0.0136 e. The standard InChI is InChI=1S/C16H24IN/c1-2-11-18-16(14-5-3-4-6-14)12-13-7-9-15(17)10-8-13/h7-10,14,16,18H,2-6,11-12H2,1H3. The molecule has 2 heteroatoms. The van der Waals surface area contributed by atoms with Crippen molar-refractivity contribution < 1.29 is 0 Å². The van der Waals surface area contributed by atoms with Crippen LogP contribution < -0.4 is 5.32 Å². The molecule has 1 aliphatic rings. The van der Waals surface area contributed by atoms with Crippen LogP contribution in [0.5, 0.6) is 0 Å². The van der Waals surface area contributed by atoms with E-state index in [9.17, 15) is 0 Å². The lowest BCUT2D eigenvalue weighted by atomic mass is 9.92. The number of halogens is 1. The summed E-state index contributed by atoms with van der Waals surface area (Å²) >= 11 is 2.38. The average Bonchev–Trinajstić information content (AvgIpc) is 2.90. The molecule has 0 heterocycles. The maximum atomic E-state index is 3.77. The number of hydrogen-bond acceptors (Lipinski definition) is 1. The fourth-order valence-corrected chi connectivity index (χ4v) is 3.33. The fourth-order valence-electron chi connectivity index (χ4n) is 2.97. The molecule has 0 radical (unpaired) electrons. The topological polar surface area (TPSA) is 12.0 Å². The van der Waals surface area contributed by atoms with Gasteiger partial charge in [0.15, 0.2) is 0 Å². The summed E-state index contributed by atoms with van der Waals surface area (Å²) < 4.78 is 1.33. The lowest BCUT2D eigenvalue weighted by Gasteiger charge is -2.25. The van der Waals surface area contributed by atoms with Crippen molar-refractivity contribution in [2.45, 2.75) is 51.5 Å². The van der Waals surface area contributed by atoms with Crippen LogP contribution in [0.3, 0.4) is 0 Å². The molecule has 1 aromatic rings. The van der Waals surface area contributed by atoms with Crippen molar-refractivity contribution in [2.75, 3.05) is 6.54 Å². The van der Waals surface area contributed by atoms with Crippen molar-refractivity contribution in [1.29, 1.82) is 0 Å². The van der Waals surface area contributed by atoms with Crippen molar-refractivity contribution in [3.05, 3.63) is 33.4 Å². The summed E-state index contributed by atoms with van der Waals surface area (Å²) in [5.41, 5.74) is 1.48. The number of hydrogen-bond donors (Lipinski definition) is 1. The zero-order chi connectivity index (χ0) is 12.8. The summed E-state index contributed by atoms with van der Waals surface area (Å²) in [6.07, 6.45) is 8.14. The predicted molar refractivity (Wildman–Crippen MR) is 86.9 cm³/mol. The Morgan fingerprint density at radius 3 is 2.50 bits per heavy atom. The van der Waals surface area contributed by atoms with E-state index in [1.54, 1.807) is 0 Å². The molecule has 1 atom stereocenters. The van der Waals surface area contributed by atoms with E-state index in [0.29, 0.717) is 6.04 Å². The SMILES string of the molecule is CCCNC(Cc1ccc(I)cc1)C1CCCC1. The van der Waals surface area contributed by atoms with Gasteiger partial charge in [0.2, 0.25) is 0 Å². The molecular weight excluding hydrogens is 333 g/mol. The molecule has 0 aliphatic heterocycles. The Labute approximate surface area is 125 Å². The van der Waals surface area contributed by atoms with E-state index < -0.39 is 0 Å². The van der Waals surface area contributed by atoms with Crippen LogP contribution in [-0.4, -0.2) is 12.6 Å². The number of benzene rings is 1. The molecule has 0 amide bonds. The molecule has 1 nitrogen and oxygen atoms in total. The van der Waals surface area contributed by atoms with Gasteiger partial charge in [0.1, 0.15) is 0 Å². The number of rotatable bonds is 6. The lowest BCUT2D eigenvalue weighted by molar-refractivity contribution is 0.356. The van der Waals surface area contributed by atoms with Gasteiger partial charge in [-0.3, -0.25) is 0 Å². The molecule has 1 saturated carbocycles. The minimum absolute atomic E-state index is 0.688. The first kappa shape index (κ1) is 14.3. The highest BCUT2D eigenvalue weighted by Gasteiger charge is 2.24. The van der Waals surface area contributed by atoms with Gasteiger partial charge in [-0.25, -0.2) is 0 Å². The Kier molecular flexibility index (Phi) is 5.96. The molecule has 0 bridgehead atoms. The van der Waals surface area contributed by atoms with Crippen LogP contribution in [0.1, 0.15) is 44.6 Å². The van der Waals surface area contributed by atoms with Gasteiger partial charge in [0.25, 0.3) is 0 Å². The third kappa shape index (κ3) is 4.23. The maximum absolute atomic E-state index is 3.77. The van der Waals surface area contributed by atoms with Crippen LogP contribution in [-0.2, 0) is 6.42 Å². The van der Waals surface area contributed by atoms with Gasteiger partial charge < -0.3 is 5.32 Å². The van der Waals surface area contributed by atoms with Gasteiger partial charge >= 0.3 is 0 Å². The molecule has 1 aliphatic carbocycles. The highest BCUT2D eigenvalue weighted by atomic mass is 127. The zero-order valence-electron chi connectivity index (χ0n) is 11.3. The van der Waals surface area contributed by atoms with E-state index in [4.69, 9.17) is 0 Å². The molecule has 0 spiro atoms. The Morgan fingerprint density at radius 2 is 1.89 bits per heavy atom. The Hall–Kier alpha value is -0.0900. The van der Waals surface area contributed by atoms with Crippen molar-refractivity contribution >= 4 is 22.6 Å². The van der Waals surface area contributed by atoms with Crippen LogP contribution in [0, 0.1) is 9.49 Å². The first-order chi connectivity index (χ1) is 8.79. The third-order valence-electron chi connectivity index (χ3n) is 3.99. The van der Waals surface area contributed by atoms with E-state index in [0.717, 1.165) is 12.5 Å². The summed E-state index contributed by atoms with van der Waals surface area (Å²) in [4.78, 5) is 0. The smallest absolute Gasteiger partial charge is 0.0136 e. The van der Waals surface area contributed by atoms with Gasteiger partial charge in [-0.15, -0.1) is 0 Å². The Balaban J connectivity index is 1.97. The summed E-state index contributed by atoms with van der Waals surface area (Å²) in [6, 6.07) is 9.71. The monoisotopic (exact) mass is 357 g/mol. The predicted octanol–water partition coefficient (Wildman–Crippen LogP) is 4.39. The molecular formula is C16H24IN. The normalized spacial score (nSPS) is 18.1. The second kappa shape index (κ2) is 7.49. The van der Waals surface area contributed by atoms with E-state index in [2.05, 4.69) is 59.1 Å². The minimum Gasteiger partial charge on any atom is -0.313 e. The lowest BCUT2D eigenvalue weighted by Crippen LogP contribution is -2.37. The van der Waals surface area contributed by atoms with Crippen LogP contribution in [0.2, 0.25) is 0 Å². The highest BCUT2D eigenvalue weighted by Crippen LogP contribution is 2.29. The largest absolute Gasteiger partial charge is 0.313 e. The molecule has 18 heavy (non-hydrogen) atoms. The molecule has 2 rings (SSSR count). The Morgan fingerprint density at radius 1 is 1.22 bits per heavy atom. The molecule has 100 valence electrons. The highest BCUT2D eigenvalue weighted by molar-refractivity contribution is 14.1. The second-order valence-electron chi connectivity index (χ2n) is 5.44. The van der Waals surface area contributed by atoms with E-state index in [1.807, 2.05) is 0 Å². The van der Waals surface area contributed by atoms with Gasteiger partial charge in [0.05, 0.1) is 0 Å². The first-order valence-corrected chi connectivity index (χ1v) is 8.35. The summed E-state index contributed by atoms with van der Waals surface area (Å²) in [7, 11) is 0. The molecule has 1 unspecified atom stereocenters. The summed E-state index contributed by atoms with van der Waals surface area (Å²) in [6.45, 7) is 3.41. The molecule has 1 aromatic carbocycles. The summed E-state index contributed by atoms with van der Waals surface area (Å²) in [5, 5.41) is 3.77. The Bertz CT molecular complexity index is 341. The van der Waals surface area contributed by atoms with Crippen molar-refractivity contribution in [2.24, 2.45) is 5.92 Å². The summed E-state index contributed by atoms with van der Waals surface area (Å²) in [5.74, 6) is 0.899. The second-order valence-corrected chi connectivity index (χ2v) is 6.68. The quantitative estimate of drug-likeness (QED) is 0.745. The van der Waals surface area contributed by atoms with Crippen molar-refractivity contribution in [3.8, 4) is 0 Å². The fraction of sp³-hybridized carbons (Fsp3) is 0.625. The molecule has 1 N–H and O–H groups in total. The van der Waals surface area contributed by atoms with E-state index >= 15 is 0 Å². The molecule has 0 saturated heterocycles. The van der Waals surface area contributed by atoms with E-state index in [-0.39, 0.29) is 0 Å². The zero-order valence-corrected chi connectivity index (χ0v) is 13.4. The van der Waals surface area contributed by atoms with Gasteiger partial charge in [-0.2, -0.15) is 0 Å². The van der Waals surface area contributed by atoms with Crippen LogP contribution in [0.4, 0.5) is 0 Å². The molecule has 1 fully saturated rings. The number of nitrogens with one attached hydrogen (secondary N) is 1. The van der Waals surface area contributed by atoms with Gasteiger partial charge in [0, 0.05) is 9.61 Å². The van der Waals surface area contributed by atoms with Gasteiger partial charge in [-0.05, 0) is 78.4 Å². The third-order valence-corrected chi connectivity index (χ3v) is 4.71. The van der Waals surface area contributed by atoms with Crippen molar-refractivity contribution in [1.82, 2.24) is 5.32 Å². The molecule has 0 aromatic heterocycles. The minimum atomic E-state index is 0.688.